The number of benzene rings is 3. The van der Waals surface area contributed by atoms with E-state index in [4.69, 9.17) is 0 Å². The molecule has 0 nitrogen and oxygen atoms in total. The van der Waals surface area contributed by atoms with Crippen LogP contribution in [-0.4, -0.2) is 0 Å². The molecule has 1 atom stereocenters. The standard InChI is InChI=1S/C37H43F3/c1-3-5-6-7-8-9-10-11-13-31-22-25-34(37(40)36(31)39)30-20-18-28(19-21-30)32-23-24-33(35(38)26-32)29-16-14-27(12-4-2)15-17-29/h4,12,16,18-27H,3,5-11,13-15,17H2,1-2H3/b12-4+. The molecule has 1 aliphatic carbocycles. The summed E-state index contributed by atoms with van der Waals surface area (Å²) in [5.41, 5.74) is 4.66. The van der Waals surface area contributed by atoms with Crippen LogP contribution in [0.4, 0.5) is 13.2 Å². The van der Waals surface area contributed by atoms with Crippen LogP contribution in [0.3, 0.4) is 0 Å². The maximum absolute atomic E-state index is 15.1. The van der Waals surface area contributed by atoms with E-state index in [1.165, 1.54) is 32.1 Å². The lowest BCUT2D eigenvalue weighted by molar-refractivity contribution is 0.497. The third-order valence-corrected chi connectivity index (χ3v) is 8.22. The second kappa shape index (κ2) is 15.1. The Hall–Kier alpha value is -3.07. The topological polar surface area (TPSA) is 0 Å². The van der Waals surface area contributed by atoms with E-state index in [-0.39, 0.29) is 11.4 Å². The first-order chi connectivity index (χ1) is 19.5. The fourth-order valence-electron chi connectivity index (χ4n) is 5.80. The minimum Gasteiger partial charge on any atom is -0.206 e. The Labute approximate surface area is 239 Å². The number of hydrogen-bond acceptors (Lipinski definition) is 0. The lowest BCUT2D eigenvalue weighted by Crippen LogP contribution is -2.03. The summed E-state index contributed by atoms with van der Waals surface area (Å²) in [6.07, 6.45) is 19.3. The molecule has 4 rings (SSSR count). The van der Waals surface area contributed by atoms with Crippen molar-refractivity contribution in [2.24, 2.45) is 5.92 Å². The van der Waals surface area contributed by atoms with E-state index >= 15 is 8.78 Å². The number of rotatable bonds is 13. The second-order valence-corrected chi connectivity index (χ2v) is 11.2. The first-order valence-corrected chi connectivity index (χ1v) is 15.2. The summed E-state index contributed by atoms with van der Waals surface area (Å²) >= 11 is 0. The van der Waals surface area contributed by atoms with Gasteiger partial charge in [0.2, 0.25) is 0 Å². The molecule has 0 heterocycles. The normalized spacial score (nSPS) is 15.5. The van der Waals surface area contributed by atoms with E-state index in [1.54, 1.807) is 30.3 Å². The van der Waals surface area contributed by atoms with Crippen molar-refractivity contribution in [3.05, 3.63) is 101 Å². The van der Waals surface area contributed by atoms with Crippen LogP contribution in [0.15, 0.2) is 72.8 Å². The zero-order valence-electron chi connectivity index (χ0n) is 24.1. The summed E-state index contributed by atoms with van der Waals surface area (Å²) in [4.78, 5) is 0. The molecule has 0 saturated carbocycles. The summed E-state index contributed by atoms with van der Waals surface area (Å²) in [6, 6.07) is 16.0. The SMILES string of the molecule is C/C=C/C1CC=C(c2ccc(-c3ccc(-c4ccc(CCCCCCCCCC)c(F)c4F)cc3)cc2F)CC1. The van der Waals surface area contributed by atoms with E-state index in [9.17, 15) is 4.39 Å². The van der Waals surface area contributed by atoms with Gasteiger partial charge in [-0.1, -0.05) is 119 Å². The number of hydrogen-bond donors (Lipinski definition) is 0. The van der Waals surface area contributed by atoms with Gasteiger partial charge in [-0.15, -0.1) is 0 Å². The van der Waals surface area contributed by atoms with E-state index in [0.717, 1.165) is 55.2 Å². The molecule has 0 bridgehead atoms. The predicted octanol–water partition coefficient (Wildman–Crippen LogP) is 11.9. The molecule has 40 heavy (non-hydrogen) atoms. The third kappa shape index (κ3) is 7.77. The quantitative estimate of drug-likeness (QED) is 0.148. The Bertz CT molecular complexity index is 1300. The highest BCUT2D eigenvalue weighted by molar-refractivity contribution is 5.74. The van der Waals surface area contributed by atoms with Crippen molar-refractivity contribution in [3.63, 3.8) is 0 Å². The van der Waals surface area contributed by atoms with Crippen LogP contribution in [0.5, 0.6) is 0 Å². The van der Waals surface area contributed by atoms with Gasteiger partial charge in [-0.25, -0.2) is 13.2 Å². The smallest absolute Gasteiger partial charge is 0.166 e. The van der Waals surface area contributed by atoms with Crippen LogP contribution in [0.2, 0.25) is 0 Å². The lowest BCUT2D eigenvalue weighted by atomic mass is 9.86. The average Bonchev–Trinajstić information content (AvgIpc) is 2.97. The fourth-order valence-corrected chi connectivity index (χ4v) is 5.80. The molecule has 0 aromatic heterocycles. The molecule has 3 aromatic rings. The maximum atomic E-state index is 15.1. The highest BCUT2D eigenvalue weighted by Gasteiger charge is 2.17. The van der Waals surface area contributed by atoms with E-state index in [0.29, 0.717) is 29.0 Å². The van der Waals surface area contributed by atoms with Gasteiger partial charge in [0.1, 0.15) is 5.82 Å². The predicted molar refractivity (Wildman–Crippen MR) is 164 cm³/mol. The summed E-state index contributed by atoms with van der Waals surface area (Å²) in [6.45, 7) is 4.25. The van der Waals surface area contributed by atoms with Gasteiger partial charge in [-0.2, -0.15) is 0 Å². The zero-order chi connectivity index (χ0) is 28.3. The van der Waals surface area contributed by atoms with E-state index in [2.05, 4.69) is 25.2 Å². The number of allylic oxidation sites excluding steroid dienone is 4. The zero-order valence-corrected chi connectivity index (χ0v) is 24.1. The summed E-state index contributed by atoms with van der Waals surface area (Å²) in [5.74, 6) is -1.22. The molecule has 0 N–H and O–H groups in total. The Morgan fingerprint density at radius 3 is 2.02 bits per heavy atom. The van der Waals surface area contributed by atoms with Crippen LogP contribution >= 0.6 is 0 Å². The largest absolute Gasteiger partial charge is 0.206 e. The molecule has 0 spiro atoms. The highest BCUT2D eigenvalue weighted by atomic mass is 19.2. The molecule has 3 heteroatoms. The van der Waals surface area contributed by atoms with Crippen molar-refractivity contribution in [3.8, 4) is 22.3 Å². The van der Waals surface area contributed by atoms with Gasteiger partial charge in [0.05, 0.1) is 0 Å². The molecule has 3 aromatic carbocycles. The number of unbranched alkanes of at least 4 members (excludes halogenated alkanes) is 7. The van der Waals surface area contributed by atoms with Crippen molar-refractivity contribution >= 4 is 5.57 Å². The van der Waals surface area contributed by atoms with Gasteiger partial charge in [-0.05, 0) is 78.8 Å². The van der Waals surface area contributed by atoms with Crippen molar-refractivity contribution in [1.29, 1.82) is 0 Å². The minimum absolute atomic E-state index is 0.225. The van der Waals surface area contributed by atoms with Gasteiger partial charge in [0.15, 0.2) is 11.6 Å². The number of aryl methyl sites for hydroxylation is 1. The second-order valence-electron chi connectivity index (χ2n) is 11.2. The van der Waals surface area contributed by atoms with Gasteiger partial charge < -0.3 is 0 Å². The van der Waals surface area contributed by atoms with Crippen molar-refractivity contribution in [2.75, 3.05) is 0 Å². The van der Waals surface area contributed by atoms with Crippen molar-refractivity contribution < 1.29 is 13.2 Å². The van der Waals surface area contributed by atoms with Crippen LogP contribution in [0, 0.1) is 23.4 Å². The van der Waals surface area contributed by atoms with Crippen LogP contribution < -0.4 is 0 Å². The monoisotopic (exact) mass is 544 g/mol. The lowest BCUT2D eigenvalue weighted by Gasteiger charge is -2.20. The first kappa shape index (κ1) is 29.9. The molecule has 0 amide bonds. The Morgan fingerprint density at radius 1 is 0.725 bits per heavy atom. The summed E-state index contributed by atoms with van der Waals surface area (Å²) in [5, 5.41) is 0. The molecular weight excluding hydrogens is 501 g/mol. The molecule has 212 valence electrons. The van der Waals surface area contributed by atoms with Gasteiger partial charge in [0.25, 0.3) is 0 Å². The molecule has 0 aliphatic heterocycles. The average molecular weight is 545 g/mol. The van der Waals surface area contributed by atoms with Crippen LogP contribution in [0.1, 0.15) is 95.6 Å². The number of halogens is 3. The summed E-state index contributed by atoms with van der Waals surface area (Å²) in [7, 11) is 0. The van der Waals surface area contributed by atoms with E-state index < -0.39 is 11.6 Å². The van der Waals surface area contributed by atoms with Crippen LogP contribution in [-0.2, 0) is 6.42 Å². The molecule has 0 saturated heterocycles. The fraction of sp³-hybridized carbons (Fsp3) is 0.405. The molecule has 0 radical (unpaired) electrons. The van der Waals surface area contributed by atoms with Gasteiger partial charge in [0, 0.05) is 11.1 Å². The van der Waals surface area contributed by atoms with E-state index in [1.807, 2.05) is 31.2 Å². The Kier molecular flexibility index (Phi) is 11.3. The van der Waals surface area contributed by atoms with Gasteiger partial charge in [-0.3, -0.25) is 0 Å². The van der Waals surface area contributed by atoms with Crippen LogP contribution in [0.25, 0.3) is 27.8 Å². The Balaban J connectivity index is 1.38. The summed E-state index contributed by atoms with van der Waals surface area (Å²) < 4.78 is 45.0. The molecular formula is C37H43F3. The third-order valence-electron chi connectivity index (χ3n) is 8.22. The molecule has 0 fully saturated rings. The highest BCUT2D eigenvalue weighted by Crippen LogP contribution is 2.34. The van der Waals surface area contributed by atoms with Crippen molar-refractivity contribution in [1.82, 2.24) is 0 Å². The minimum atomic E-state index is -0.794. The van der Waals surface area contributed by atoms with Gasteiger partial charge >= 0.3 is 0 Å². The van der Waals surface area contributed by atoms with Crippen molar-refractivity contribution in [2.45, 2.75) is 90.9 Å². The molecule has 1 aliphatic rings. The first-order valence-electron chi connectivity index (χ1n) is 15.2. The Morgan fingerprint density at radius 2 is 1.38 bits per heavy atom. The molecule has 1 unspecified atom stereocenters. The maximum Gasteiger partial charge on any atom is 0.166 e.